The molecule has 49 heavy (non-hydrogen) atoms. The van der Waals surface area contributed by atoms with E-state index in [1.54, 1.807) is 40.7 Å². The molecule has 3 amide bonds. The first-order valence-electron chi connectivity index (χ1n) is 14.3. The summed E-state index contributed by atoms with van der Waals surface area (Å²) in [5.74, 6) is -5.76. The first-order chi connectivity index (χ1) is 22.4. The number of hydrazine groups is 1. The van der Waals surface area contributed by atoms with Crippen molar-refractivity contribution in [2.24, 2.45) is 0 Å². The molecule has 1 aromatic carbocycles. The van der Waals surface area contributed by atoms with Crippen LogP contribution in [-0.2, 0) is 31.8 Å². The lowest BCUT2D eigenvalue weighted by molar-refractivity contribution is -0.385. The van der Waals surface area contributed by atoms with Crippen molar-refractivity contribution in [3.63, 3.8) is 0 Å². The van der Waals surface area contributed by atoms with Gasteiger partial charge in [0.05, 0.1) is 18.1 Å². The van der Waals surface area contributed by atoms with Gasteiger partial charge >= 0.3 is 24.1 Å². The van der Waals surface area contributed by atoms with Gasteiger partial charge in [-0.15, -0.1) is 0 Å². The maximum Gasteiger partial charge on any atom is 0.429 e. The number of nitro groups is 1. The van der Waals surface area contributed by atoms with E-state index in [9.17, 15) is 55.9 Å². The van der Waals surface area contributed by atoms with Crippen molar-refractivity contribution < 1.29 is 65.0 Å². The van der Waals surface area contributed by atoms with E-state index in [0.717, 1.165) is 0 Å². The number of aromatic nitrogens is 1. The number of hydrogen-bond acceptors (Lipinski definition) is 10. The van der Waals surface area contributed by atoms with Crippen molar-refractivity contribution in [1.82, 2.24) is 21.2 Å². The number of halogens is 6. The van der Waals surface area contributed by atoms with Crippen LogP contribution in [-0.4, -0.2) is 69.1 Å². The van der Waals surface area contributed by atoms with Crippen LogP contribution in [0.5, 0.6) is 5.88 Å². The van der Waals surface area contributed by atoms with Crippen LogP contribution >= 0.6 is 0 Å². The number of alkyl carbamates (subject to hydrolysis) is 1. The summed E-state index contributed by atoms with van der Waals surface area (Å²) in [6, 6.07) is 7.11. The Morgan fingerprint density at radius 3 is 2.12 bits per heavy atom. The predicted octanol–water partition coefficient (Wildman–Crippen LogP) is 5.09. The summed E-state index contributed by atoms with van der Waals surface area (Å²) in [6.45, 7) is 5.58. The smallest absolute Gasteiger partial charge is 0.429 e. The van der Waals surface area contributed by atoms with E-state index in [2.05, 4.69) is 10.3 Å². The molecule has 1 atom stereocenters. The third-order valence-electron chi connectivity index (χ3n) is 6.38. The van der Waals surface area contributed by atoms with Crippen LogP contribution in [0.15, 0.2) is 36.4 Å². The number of nitrogens with one attached hydrogen (secondary N) is 3. The molecule has 0 aliphatic rings. The summed E-state index contributed by atoms with van der Waals surface area (Å²) in [4.78, 5) is 50.6. The molecule has 1 heterocycles. The third kappa shape index (κ3) is 11.7. The number of nitrogens with zero attached hydrogens (tertiary/aromatic N) is 2. The number of pyridine rings is 1. The maximum absolute atomic E-state index is 14.7. The summed E-state index contributed by atoms with van der Waals surface area (Å²) >= 11 is 0. The highest BCUT2D eigenvalue weighted by molar-refractivity contribution is 5.98. The van der Waals surface area contributed by atoms with Gasteiger partial charge in [0.15, 0.2) is 0 Å². The number of carbonyl (C=O) groups excluding carboxylic acids is 3. The predicted molar refractivity (Wildman–Crippen MR) is 157 cm³/mol. The Morgan fingerprint density at radius 1 is 0.980 bits per heavy atom. The van der Waals surface area contributed by atoms with Gasteiger partial charge in [-0.25, -0.2) is 9.78 Å². The van der Waals surface area contributed by atoms with Gasteiger partial charge in [-0.1, -0.05) is 30.3 Å². The number of ether oxygens (including phenoxy) is 3. The van der Waals surface area contributed by atoms with Gasteiger partial charge in [-0.3, -0.25) is 30.6 Å². The zero-order chi connectivity index (χ0) is 37.4. The molecule has 1 unspecified atom stereocenters. The minimum Gasteiger partial charge on any atom is -0.493 e. The number of hydrogen-bond donors (Lipinski definition) is 4. The van der Waals surface area contributed by atoms with Gasteiger partial charge in [-0.2, -0.15) is 26.3 Å². The molecule has 272 valence electrons. The SMILES string of the molecule is CC(C)(CCCOCC(OCc1ccccc1)(C(=O)NNC(=O)c1nc(O)c(C(F)(F)F)cc1[N+](=O)[O-])C(F)(F)F)NC(=O)OC(C)(C)C. The monoisotopic (exact) mass is 711 g/mol. The van der Waals surface area contributed by atoms with Crippen LogP contribution < -0.4 is 16.2 Å². The number of benzene rings is 1. The Morgan fingerprint density at radius 2 is 1.59 bits per heavy atom. The van der Waals surface area contributed by atoms with E-state index in [-0.39, 0.29) is 31.1 Å². The summed E-state index contributed by atoms with van der Waals surface area (Å²) in [5, 5.41) is 23.6. The molecule has 2 aromatic rings. The number of carbonyl (C=O) groups is 3. The highest BCUT2D eigenvalue weighted by atomic mass is 19.4. The summed E-state index contributed by atoms with van der Waals surface area (Å²) < 4.78 is 98.7. The Bertz CT molecular complexity index is 1500. The van der Waals surface area contributed by atoms with E-state index < -0.39 is 88.0 Å². The largest absolute Gasteiger partial charge is 0.493 e. The molecule has 0 saturated carbocycles. The van der Waals surface area contributed by atoms with Gasteiger partial charge in [0.2, 0.25) is 11.6 Å². The Balaban J connectivity index is 2.27. The molecule has 0 aliphatic carbocycles. The van der Waals surface area contributed by atoms with E-state index in [0.29, 0.717) is 0 Å². The Hall–Kier alpha value is -4.72. The second-order valence-corrected chi connectivity index (χ2v) is 12.2. The lowest BCUT2D eigenvalue weighted by Crippen LogP contribution is -2.64. The fourth-order valence-corrected chi connectivity index (χ4v) is 4.00. The molecule has 2 rings (SSSR count). The summed E-state index contributed by atoms with van der Waals surface area (Å²) in [6.07, 6.45) is -11.3. The van der Waals surface area contributed by atoms with Crippen molar-refractivity contribution in [2.45, 2.75) is 83.2 Å². The Labute approximate surface area is 275 Å². The van der Waals surface area contributed by atoms with Gasteiger partial charge < -0.3 is 24.6 Å². The topological polar surface area (TPSA) is 191 Å². The summed E-state index contributed by atoms with van der Waals surface area (Å²) in [7, 11) is 0. The minimum atomic E-state index is -5.52. The number of alkyl halides is 6. The standard InChI is InChI=1S/C29H35F6N5O9/c1-25(2,3)49-24(44)37-26(4,5)12-9-13-47-16-27(29(33,34)35,48-15-17-10-7-6-8-11-17)23(43)39-38-22(42)20-19(40(45)46)14-18(21(41)36-20)28(30,31)32/h6-8,10-11,14H,9,12-13,15-16H2,1-5H3,(H,36,41)(H,37,44)(H,38,42)(H,39,43). The van der Waals surface area contributed by atoms with Gasteiger partial charge in [-0.05, 0) is 53.0 Å². The number of aromatic hydroxyl groups is 1. The lowest BCUT2D eigenvalue weighted by Gasteiger charge is -2.34. The number of amides is 3. The fraction of sp³-hybridized carbons (Fsp3) is 0.517. The zero-order valence-electron chi connectivity index (χ0n) is 26.9. The summed E-state index contributed by atoms with van der Waals surface area (Å²) in [5.41, 5.74) is -7.46. The minimum absolute atomic E-state index is 0.0700. The fourth-order valence-electron chi connectivity index (χ4n) is 4.00. The highest BCUT2D eigenvalue weighted by Crippen LogP contribution is 2.38. The molecule has 0 spiro atoms. The van der Waals surface area contributed by atoms with Crippen molar-refractivity contribution in [3.8, 4) is 5.88 Å². The number of rotatable bonds is 13. The van der Waals surface area contributed by atoms with Gasteiger partial charge in [0, 0.05) is 18.2 Å². The molecule has 20 heteroatoms. The van der Waals surface area contributed by atoms with Crippen LogP contribution in [0.1, 0.15) is 69.1 Å². The average molecular weight is 712 g/mol. The molecule has 0 bridgehead atoms. The molecular formula is C29H35F6N5O9. The average Bonchev–Trinajstić information content (AvgIpc) is 2.94. The molecular weight excluding hydrogens is 676 g/mol. The van der Waals surface area contributed by atoms with Crippen LogP contribution in [0.2, 0.25) is 0 Å². The van der Waals surface area contributed by atoms with E-state index in [4.69, 9.17) is 14.2 Å². The van der Waals surface area contributed by atoms with Crippen LogP contribution in [0.3, 0.4) is 0 Å². The highest BCUT2D eigenvalue weighted by Gasteiger charge is 2.62. The zero-order valence-corrected chi connectivity index (χ0v) is 26.9. The molecule has 0 radical (unpaired) electrons. The van der Waals surface area contributed by atoms with Crippen molar-refractivity contribution in [2.75, 3.05) is 13.2 Å². The van der Waals surface area contributed by atoms with Gasteiger partial charge in [0.25, 0.3) is 17.4 Å². The maximum atomic E-state index is 14.7. The first kappa shape index (κ1) is 40.5. The van der Waals surface area contributed by atoms with Crippen LogP contribution in [0, 0.1) is 10.1 Å². The lowest BCUT2D eigenvalue weighted by atomic mass is 9.99. The first-order valence-corrected chi connectivity index (χ1v) is 14.3. The van der Waals surface area contributed by atoms with E-state index in [1.807, 2.05) is 0 Å². The molecule has 1 aromatic heterocycles. The van der Waals surface area contributed by atoms with Crippen LogP contribution in [0.4, 0.5) is 36.8 Å². The van der Waals surface area contributed by atoms with Gasteiger partial charge in [0.1, 0.15) is 11.2 Å². The third-order valence-corrected chi connectivity index (χ3v) is 6.38. The van der Waals surface area contributed by atoms with Crippen molar-refractivity contribution in [3.05, 3.63) is 63.3 Å². The Kier molecular flexibility index (Phi) is 12.9. The molecule has 0 saturated heterocycles. The van der Waals surface area contributed by atoms with E-state index in [1.165, 1.54) is 35.1 Å². The molecule has 0 fully saturated rings. The normalized spacial score (nSPS) is 13.6. The second kappa shape index (κ2) is 15.7. The second-order valence-electron chi connectivity index (χ2n) is 12.2. The van der Waals surface area contributed by atoms with Crippen molar-refractivity contribution in [1.29, 1.82) is 0 Å². The van der Waals surface area contributed by atoms with Crippen LogP contribution in [0.25, 0.3) is 0 Å². The molecule has 14 nitrogen and oxygen atoms in total. The molecule has 0 aliphatic heterocycles. The van der Waals surface area contributed by atoms with Crippen molar-refractivity contribution >= 4 is 23.6 Å². The van der Waals surface area contributed by atoms with E-state index >= 15 is 0 Å². The molecule has 4 N–H and O–H groups in total. The quantitative estimate of drug-likeness (QED) is 0.0942.